The Hall–Kier alpha value is -2.86. The summed E-state index contributed by atoms with van der Waals surface area (Å²) in [6, 6.07) is 0. The lowest BCUT2D eigenvalue weighted by Crippen LogP contribution is -2.44. The molecule has 0 bridgehead atoms. The maximum absolute atomic E-state index is 13.0. The molecule has 4 rings (SSSR count). The maximum Gasteiger partial charge on any atom is 0.306 e. The summed E-state index contributed by atoms with van der Waals surface area (Å²) in [5.74, 6) is 1.14. The molecule has 0 aromatic carbocycles. The van der Waals surface area contributed by atoms with Gasteiger partial charge in [-0.15, -0.1) is 8.75 Å². The van der Waals surface area contributed by atoms with E-state index in [0.717, 1.165) is 29.9 Å². The van der Waals surface area contributed by atoms with E-state index in [1.807, 2.05) is 20.8 Å². The Bertz CT molecular complexity index is 1170. The molecule has 48 heavy (non-hydrogen) atoms. The van der Waals surface area contributed by atoms with E-state index in [9.17, 15) is 9.59 Å². The Morgan fingerprint density at radius 3 is 1.67 bits per heavy atom. The fourth-order valence-electron chi connectivity index (χ4n) is 4.83. The first kappa shape index (κ1) is 38.0. The van der Waals surface area contributed by atoms with Gasteiger partial charge in [0.25, 0.3) is 11.8 Å². The van der Waals surface area contributed by atoms with E-state index in [1.165, 1.54) is 0 Å². The van der Waals surface area contributed by atoms with Crippen LogP contribution in [0.2, 0.25) is 0 Å². The smallest absolute Gasteiger partial charge is 0.306 e. The molecule has 2 aromatic heterocycles. The van der Waals surface area contributed by atoms with Gasteiger partial charge in [-0.25, -0.2) is 0 Å². The lowest BCUT2D eigenvalue weighted by Gasteiger charge is -2.28. The Labute approximate surface area is 291 Å². The molecule has 1 N–H and O–H groups in total. The number of aromatic nitrogens is 4. The number of hydrogen-bond acceptors (Lipinski definition) is 17. The van der Waals surface area contributed by atoms with Crippen molar-refractivity contribution in [3.05, 3.63) is 0 Å². The topological polar surface area (TPSA) is 160 Å². The largest absolute Gasteiger partial charge is 0.470 e. The second-order valence-corrected chi connectivity index (χ2v) is 15.1. The number of carbonyl (C=O) groups excluding carboxylic acids is 2. The van der Waals surface area contributed by atoms with Crippen LogP contribution in [0.1, 0.15) is 67.2 Å². The number of nitrogens with one attached hydrogen (secondary N) is 1. The van der Waals surface area contributed by atoms with Crippen LogP contribution in [-0.2, 0) is 28.5 Å². The highest BCUT2D eigenvalue weighted by atomic mass is 32.1. The summed E-state index contributed by atoms with van der Waals surface area (Å²) in [6.07, 6.45) is 0.0153. The Morgan fingerprint density at radius 2 is 1.21 bits per heavy atom. The lowest BCUT2D eigenvalue weighted by atomic mass is 9.89. The van der Waals surface area contributed by atoms with Crippen molar-refractivity contribution in [1.29, 1.82) is 0 Å². The van der Waals surface area contributed by atoms with Crippen LogP contribution in [0.15, 0.2) is 0 Å². The molecule has 2 aliphatic rings. The zero-order valence-corrected chi connectivity index (χ0v) is 30.7. The second kappa shape index (κ2) is 18.2. The third-order valence-electron chi connectivity index (χ3n) is 7.52. The summed E-state index contributed by atoms with van der Waals surface area (Å²) < 4.78 is 52.0. The number of morpholine rings is 2. The molecule has 15 nitrogen and oxygen atoms in total. The molecule has 4 heterocycles. The first-order valence-corrected chi connectivity index (χ1v) is 18.0. The van der Waals surface area contributed by atoms with Crippen molar-refractivity contribution in [3.63, 3.8) is 0 Å². The fraction of sp³-hybridized carbons (Fsp3) is 0.806. The van der Waals surface area contributed by atoms with Gasteiger partial charge in [0.1, 0.15) is 25.4 Å². The number of esters is 2. The molecule has 2 aromatic rings. The van der Waals surface area contributed by atoms with Crippen LogP contribution in [0.4, 0.5) is 11.6 Å². The van der Waals surface area contributed by atoms with Crippen LogP contribution >= 0.6 is 23.5 Å². The number of hydrogen-bond donors (Lipinski definition) is 1. The average molecular weight is 714 g/mol. The van der Waals surface area contributed by atoms with Crippen LogP contribution in [0.25, 0.3) is 0 Å². The highest BCUT2D eigenvalue weighted by molar-refractivity contribution is 6.99. The standard InChI is InChI=1S/C31H51N7O8S2/c1-30(2,3)10-9-22(20-43-28-26(33-47-35-28)37-11-15-41-16-12-37)45-24(39)7-8-25(40)46-23(19-32-31(4,5)6)21-44-29-27(34-48-36-29)38-13-17-42-18-14-38/h22-23,32H,7-21H2,1-6H3/t22-,23-/m0/s1. The molecule has 0 aliphatic carbocycles. The molecule has 0 radical (unpaired) electrons. The fourth-order valence-corrected chi connectivity index (χ4v) is 5.87. The Morgan fingerprint density at radius 1 is 0.750 bits per heavy atom. The van der Waals surface area contributed by atoms with E-state index in [-0.39, 0.29) is 37.0 Å². The molecule has 270 valence electrons. The van der Waals surface area contributed by atoms with Gasteiger partial charge in [-0.3, -0.25) is 9.59 Å². The minimum absolute atomic E-state index is 0.0331. The van der Waals surface area contributed by atoms with Gasteiger partial charge in [-0.05, 0) is 39.0 Å². The zero-order valence-electron chi connectivity index (χ0n) is 29.0. The first-order chi connectivity index (χ1) is 22.9. The summed E-state index contributed by atoms with van der Waals surface area (Å²) in [4.78, 5) is 30.1. The zero-order chi connectivity index (χ0) is 34.6. The van der Waals surface area contributed by atoms with E-state index in [1.54, 1.807) is 0 Å². The summed E-state index contributed by atoms with van der Waals surface area (Å²) in [5, 5.41) is 3.36. The Balaban J connectivity index is 1.29. The lowest BCUT2D eigenvalue weighted by molar-refractivity contribution is -0.157. The van der Waals surface area contributed by atoms with Crippen LogP contribution in [0.3, 0.4) is 0 Å². The third-order valence-corrected chi connectivity index (χ3v) is 8.53. The predicted molar refractivity (Wildman–Crippen MR) is 182 cm³/mol. The van der Waals surface area contributed by atoms with Crippen molar-refractivity contribution < 1.29 is 38.0 Å². The number of ether oxygens (including phenoxy) is 6. The molecule has 17 heteroatoms. The SMILES string of the molecule is CC(C)(C)CC[C@@H](COc1nsnc1N1CCOCC1)OC(=O)CCC(=O)O[C@@H](CNC(C)(C)C)COc1nsnc1N1CCOCC1. The first-order valence-electron chi connectivity index (χ1n) is 16.6. The van der Waals surface area contributed by atoms with Crippen LogP contribution in [0.5, 0.6) is 11.8 Å². The highest BCUT2D eigenvalue weighted by Gasteiger charge is 2.26. The molecule has 0 unspecified atom stereocenters. The van der Waals surface area contributed by atoms with E-state index in [4.69, 9.17) is 28.4 Å². The van der Waals surface area contributed by atoms with Gasteiger partial charge in [0, 0.05) is 38.3 Å². The molecule has 2 saturated heterocycles. The van der Waals surface area contributed by atoms with Gasteiger partial charge in [-0.2, -0.15) is 8.75 Å². The summed E-state index contributed by atoms with van der Waals surface area (Å²) in [7, 11) is 0. The van der Waals surface area contributed by atoms with Gasteiger partial charge >= 0.3 is 11.9 Å². The number of rotatable bonds is 17. The van der Waals surface area contributed by atoms with Crippen LogP contribution in [0, 0.1) is 5.41 Å². The van der Waals surface area contributed by atoms with Crippen molar-refractivity contribution in [3.8, 4) is 11.8 Å². The van der Waals surface area contributed by atoms with Gasteiger partial charge < -0.3 is 43.5 Å². The summed E-state index contributed by atoms with van der Waals surface area (Å²) in [5.41, 5.74) is -0.178. The summed E-state index contributed by atoms with van der Waals surface area (Å²) >= 11 is 2.15. The molecule has 2 atom stereocenters. The maximum atomic E-state index is 13.0. The Kier molecular flexibility index (Phi) is 14.4. The second-order valence-electron chi connectivity index (χ2n) is 14.1. The van der Waals surface area contributed by atoms with Crippen molar-refractivity contribution >= 4 is 47.0 Å². The van der Waals surface area contributed by atoms with Crippen LogP contribution < -0.4 is 24.6 Å². The van der Waals surface area contributed by atoms with Gasteiger partial charge in [0.05, 0.1) is 62.7 Å². The average Bonchev–Trinajstić information content (AvgIpc) is 3.72. The van der Waals surface area contributed by atoms with Gasteiger partial charge in [0.15, 0.2) is 0 Å². The van der Waals surface area contributed by atoms with Crippen molar-refractivity contribution in [2.24, 2.45) is 5.41 Å². The van der Waals surface area contributed by atoms with Gasteiger partial charge in [0.2, 0.25) is 11.6 Å². The van der Waals surface area contributed by atoms with Crippen molar-refractivity contribution in [2.75, 3.05) is 82.2 Å². The van der Waals surface area contributed by atoms with Crippen molar-refractivity contribution in [2.45, 2.75) is 85.0 Å². The molecule has 0 saturated carbocycles. The minimum atomic E-state index is -0.618. The molecular formula is C31H51N7O8S2. The molecular weight excluding hydrogens is 663 g/mol. The molecule has 2 aliphatic heterocycles. The third kappa shape index (κ3) is 13.2. The van der Waals surface area contributed by atoms with E-state index in [2.05, 4.69) is 53.4 Å². The van der Waals surface area contributed by atoms with Crippen LogP contribution in [-0.4, -0.2) is 120 Å². The van der Waals surface area contributed by atoms with E-state index >= 15 is 0 Å². The minimum Gasteiger partial charge on any atom is -0.470 e. The number of carbonyl (C=O) groups is 2. The number of nitrogens with zero attached hydrogens (tertiary/aromatic N) is 6. The summed E-state index contributed by atoms with van der Waals surface area (Å²) in [6.45, 7) is 18.3. The number of anilines is 2. The molecule has 0 amide bonds. The highest BCUT2D eigenvalue weighted by Crippen LogP contribution is 2.29. The van der Waals surface area contributed by atoms with Crippen molar-refractivity contribution in [1.82, 2.24) is 22.8 Å². The van der Waals surface area contributed by atoms with Gasteiger partial charge in [-0.1, -0.05) is 20.8 Å². The normalized spacial score (nSPS) is 17.1. The van der Waals surface area contributed by atoms with E-state index in [0.29, 0.717) is 89.0 Å². The quantitative estimate of drug-likeness (QED) is 0.238. The monoisotopic (exact) mass is 713 g/mol. The molecule has 0 spiro atoms. The molecule has 2 fully saturated rings. The van der Waals surface area contributed by atoms with E-state index < -0.39 is 24.1 Å². The predicted octanol–water partition coefficient (Wildman–Crippen LogP) is 3.34.